The van der Waals surface area contributed by atoms with Crippen LogP contribution in [0.3, 0.4) is 0 Å². The van der Waals surface area contributed by atoms with E-state index in [1.165, 1.54) is 0 Å². The highest BCUT2D eigenvalue weighted by Crippen LogP contribution is 2.09. The van der Waals surface area contributed by atoms with Crippen molar-refractivity contribution in [2.24, 2.45) is 5.73 Å². The van der Waals surface area contributed by atoms with Gasteiger partial charge in [0.05, 0.1) is 6.42 Å². The average Bonchev–Trinajstić information content (AvgIpc) is 2.55. The third-order valence-corrected chi connectivity index (χ3v) is 2.89. The predicted octanol–water partition coefficient (Wildman–Crippen LogP) is -0.0994. The summed E-state index contributed by atoms with van der Waals surface area (Å²) in [7, 11) is 0. The zero-order valence-electron chi connectivity index (χ0n) is 10.2. The lowest BCUT2D eigenvalue weighted by Crippen LogP contribution is -2.49. The molecule has 1 aliphatic heterocycles. The number of likely N-dealkylation sites (tertiary alicyclic amines) is 1. The molecule has 0 saturated carbocycles. The molecule has 7 heteroatoms. The summed E-state index contributed by atoms with van der Waals surface area (Å²) < 4.78 is 0. The quantitative estimate of drug-likeness (QED) is 0.652. The molecule has 1 rings (SSSR count). The summed E-state index contributed by atoms with van der Waals surface area (Å²) in [5.74, 6) is -2.00. The number of nitrogens with one attached hydrogen (secondary N) is 1. The van der Waals surface area contributed by atoms with Crippen molar-refractivity contribution < 1.29 is 19.5 Å². The maximum atomic E-state index is 11.8. The monoisotopic (exact) mass is 257 g/mol. The Morgan fingerprint density at radius 1 is 1.17 bits per heavy atom. The van der Waals surface area contributed by atoms with Gasteiger partial charge in [-0.05, 0) is 12.8 Å². The molecule has 1 aliphatic rings. The Balaban J connectivity index is 2.53. The molecule has 0 aliphatic carbocycles. The average molecular weight is 257 g/mol. The molecule has 4 N–H and O–H groups in total. The number of hydrogen-bond acceptors (Lipinski definition) is 3. The van der Waals surface area contributed by atoms with Crippen molar-refractivity contribution in [2.75, 3.05) is 13.1 Å². The number of urea groups is 1. The predicted molar refractivity (Wildman–Crippen MR) is 63.8 cm³/mol. The first-order valence-corrected chi connectivity index (χ1v) is 6.07. The van der Waals surface area contributed by atoms with Crippen LogP contribution in [-0.2, 0) is 9.59 Å². The van der Waals surface area contributed by atoms with Crippen LogP contribution in [0.2, 0.25) is 0 Å². The molecule has 0 spiro atoms. The molecule has 0 aromatic rings. The number of carboxylic acid groups (broad SMARTS) is 1. The van der Waals surface area contributed by atoms with Crippen LogP contribution in [0.5, 0.6) is 0 Å². The Hall–Kier alpha value is -1.79. The lowest BCUT2D eigenvalue weighted by Gasteiger charge is -2.23. The van der Waals surface area contributed by atoms with Crippen LogP contribution in [0.4, 0.5) is 4.79 Å². The number of amides is 3. The second-order valence-corrected chi connectivity index (χ2v) is 4.41. The molecule has 0 radical (unpaired) electrons. The molecule has 7 nitrogen and oxygen atoms in total. The molecule has 0 unspecified atom stereocenters. The van der Waals surface area contributed by atoms with Crippen molar-refractivity contribution in [1.29, 1.82) is 0 Å². The third kappa shape index (κ3) is 4.60. The Bertz CT molecular complexity index is 324. The summed E-state index contributed by atoms with van der Waals surface area (Å²) >= 11 is 0. The molecule has 1 fully saturated rings. The molecule has 1 saturated heterocycles. The first-order chi connectivity index (χ1) is 8.50. The minimum atomic E-state index is -1.25. The van der Waals surface area contributed by atoms with Gasteiger partial charge >= 0.3 is 12.0 Å². The van der Waals surface area contributed by atoms with E-state index in [2.05, 4.69) is 5.32 Å². The number of primary amides is 1. The largest absolute Gasteiger partial charge is 0.480 e. The number of carbonyl (C=O) groups is 3. The third-order valence-electron chi connectivity index (χ3n) is 2.89. The van der Waals surface area contributed by atoms with E-state index in [1.807, 2.05) is 0 Å². The number of nitrogens with zero attached hydrogens (tertiary/aromatic N) is 1. The number of carbonyl (C=O) groups excluding carboxylic acids is 2. The van der Waals surface area contributed by atoms with Gasteiger partial charge in [0.2, 0.25) is 5.91 Å². The lowest BCUT2D eigenvalue weighted by molar-refractivity contribution is -0.140. The fourth-order valence-electron chi connectivity index (χ4n) is 1.92. The highest BCUT2D eigenvalue weighted by molar-refractivity contribution is 5.87. The smallest absolute Gasteiger partial charge is 0.326 e. The minimum Gasteiger partial charge on any atom is -0.480 e. The van der Waals surface area contributed by atoms with Gasteiger partial charge in [0.15, 0.2) is 0 Å². The summed E-state index contributed by atoms with van der Waals surface area (Å²) in [6.45, 7) is 1.24. The van der Waals surface area contributed by atoms with Crippen molar-refractivity contribution >= 4 is 17.9 Å². The first kappa shape index (κ1) is 14.3. The molecule has 3 amide bonds. The van der Waals surface area contributed by atoms with E-state index in [0.29, 0.717) is 13.1 Å². The van der Waals surface area contributed by atoms with Gasteiger partial charge in [-0.2, -0.15) is 0 Å². The van der Waals surface area contributed by atoms with Gasteiger partial charge in [-0.1, -0.05) is 12.8 Å². The van der Waals surface area contributed by atoms with Crippen molar-refractivity contribution in [3.05, 3.63) is 0 Å². The van der Waals surface area contributed by atoms with E-state index < -0.39 is 30.4 Å². The maximum Gasteiger partial charge on any atom is 0.326 e. The summed E-state index contributed by atoms with van der Waals surface area (Å²) in [5, 5.41) is 11.2. The second kappa shape index (κ2) is 6.83. The summed E-state index contributed by atoms with van der Waals surface area (Å²) in [6.07, 6.45) is 3.59. The standard InChI is InChI=1S/C11H19N3O4/c12-9(15)7-8(10(16)17)13-11(18)14-5-3-1-2-4-6-14/h8H,1-7H2,(H2,12,15)(H,13,18)(H,16,17)/t8-/m0/s1. The number of hydrogen-bond donors (Lipinski definition) is 3. The maximum absolute atomic E-state index is 11.8. The normalized spacial score (nSPS) is 17.7. The van der Waals surface area contributed by atoms with Gasteiger partial charge in [0.1, 0.15) is 6.04 Å². The summed E-state index contributed by atoms with van der Waals surface area (Å²) in [5.41, 5.74) is 4.94. The molecule has 1 atom stereocenters. The van der Waals surface area contributed by atoms with Crippen LogP contribution >= 0.6 is 0 Å². The summed E-state index contributed by atoms with van der Waals surface area (Å²) in [4.78, 5) is 35.0. The van der Waals surface area contributed by atoms with Crippen LogP contribution in [0.1, 0.15) is 32.1 Å². The van der Waals surface area contributed by atoms with E-state index >= 15 is 0 Å². The van der Waals surface area contributed by atoms with Gasteiger partial charge in [0, 0.05) is 13.1 Å². The highest BCUT2D eigenvalue weighted by Gasteiger charge is 2.25. The number of rotatable bonds is 4. The molecule has 102 valence electrons. The van der Waals surface area contributed by atoms with Gasteiger partial charge in [-0.3, -0.25) is 4.79 Å². The molecular formula is C11H19N3O4. The molecule has 0 aromatic carbocycles. The Kier molecular flexibility index (Phi) is 5.41. The van der Waals surface area contributed by atoms with Crippen LogP contribution < -0.4 is 11.1 Å². The van der Waals surface area contributed by atoms with E-state index in [1.54, 1.807) is 4.90 Å². The zero-order chi connectivity index (χ0) is 13.5. The van der Waals surface area contributed by atoms with E-state index in [0.717, 1.165) is 25.7 Å². The Morgan fingerprint density at radius 3 is 2.17 bits per heavy atom. The lowest BCUT2D eigenvalue weighted by atomic mass is 10.2. The molecule has 18 heavy (non-hydrogen) atoms. The minimum absolute atomic E-state index is 0.394. The van der Waals surface area contributed by atoms with E-state index in [4.69, 9.17) is 10.8 Å². The van der Waals surface area contributed by atoms with Crippen molar-refractivity contribution in [1.82, 2.24) is 10.2 Å². The Labute approximate surface area is 105 Å². The van der Waals surface area contributed by atoms with Crippen molar-refractivity contribution in [2.45, 2.75) is 38.1 Å². The van der Waals surface area contributed by atoms with Crippen LogP contribution in [-0.4, -0.2) is 47.0 Å². The second-order valence-electron chi connectivity index (χ2n) is 4.41. The Morgan fingerprint density at radius 2 is 1.72 bits per heavy atom. The SMILES string of the molecule is NC(=O)C[C@H](NC(=O)N1CCCCCC1)C(=O)O. The fraction of sp³-hybridized carbons (Fsp3) is 0.727. The number of aliphatic carboxylic acids is 1. The van der Waals surface area contributed by atoms with Crippen molar-refractivity contribution in [3.63, 3.8) is 0 Å². The molecule has 0 bridgehead atoms. The first-order valence-electron chi connectivity index (χ1n) is 6.07. The molecular weight excluding hydrogens is 238 g/mol. The number of carboxylic acids is 1. The topological polar surface area (TPSA) is 113 Å². The molecule has 0 aromatic heterocycles. The van der Waals surface area contributed by atoms with Gasteiger partial charge < -0.3 is 21.1 Å². The summed E-state index contributed by atoms with van der Waals surface area (Å²) in [6, 6.07) is -1.69. The van der Waals surface area contributed by atoms with Gasteiger partial charge in [-0.25, -0.2) is 9.59 Å². The van der Waals surface area contributed by atoms with Crippen LogP contribution in [0.15, 0.2) is 0 Å². The fourth-order valence-corrected chi connectivity index (χ4v) is 1.92. The van der Waals surface area contributed by atoms with Gasteiger partial charge in [0.25, 0.3) is 0 Å². The van der Waals surface area contributed by atoms with Crippen molar-refractivity contribution in [3.8, 4) is 0 Å². The van der Waals surface area contributed by atoms with Crippen LogP contribution in [0.25, 0.3) is 0 Å². The highest BCUT2D eigenvalue weighted by atomic mass is 16.4. The number of nitrogens with two attached hydrogens (primary N) is 1. The van der Waals surface area contributed by atoms with E-state index in [-0.39, 0.29) is 0 Å². The van der Waals surface area contributed by atoms with E-state index in [9.17, 15) is 14.4 Å². The zero-order valence-corrected chi connectivity index (χ0v) is 10.2. The molecule has 1 heterocycles. The van der Waals surface area contributed by atoms with Gasteiger partial charge in [-0.15, -0.1) is 0 Å². The van der Waals surface area contributed by atoms with Crippen LogP contribution in [0, 0.1) is 0 Å².